The maximum atomic E-state index is 11.1. The van der Waals surface area contributed by atoms with Gasteiger partial charge in [-0.3, -0.25) is 0 Å². The van der Waals surface area contributed by atoms with Crippen LogP contribution in [0.15, 0.2) is 132 Å². The minimum absolute atomic E-state index is 0.388. The summed E-state index contributed by atoms with van der Waals surface area (Å²) in [5.41, 5.74) is 2.14. The molecule has 6 aromatic heterocycles. The predicted octanol–water partition coefficient (Wildman–Crippen LogP) is 7.64. The van der Waals surface area contributed by atoms with E-state index in [0.717, 1.165) is 32.3 Å². The molecule has 0 aliphatic rings. The predicted molar refractivity (Wildman–Crippen MR) is 176 cm³/mol. The number of hydrogen-bond donors (Lipinski definition) is 0. The van der Waals surface area contributed by atoms with Gasteiger partial charge >= 0.3 is 16.9 Å². The summed E-state index contributed by atoms with van der Waals surface area (Å²) >= 11 is 0. The zero-order valence-corrected chi connectivity index (χ0v) is 25.6. The van der Waals surface area contributed by atoms with Crippen molar-refractivity contribution >= 4 is 65.8 Å². The van der Waals surface area contributed by atoms with Crippen molar-refractivity contribution in [3.63, 3.8) is 0 Å². The summed E-state index contributed by atoms with van der Waals surface area (Å²) in [7, 11) is 4.73. The van der Waals surface area contributed by atoms with E-state index in [1.54, 1.807) is 76.5 Å². The summed E-state index contributed by atoms with van der Waals surface area (Å²) in [6.07, 6.45) is 4.72. The fourth-order valence-corrected chi connectivity index (χ4v) is 5.49. The Morgan fingerprint density at radius 3 is 0.917 bits per heavy atom. The van der Waals surface area contributed by atoms with Gasteiger partial charge in [-0.15, -0.1) is 0 Å². The van der Waals surface area contributed by atoms with E-state index in [1.807, 2.05) is 18.2 Å². The molecule has 0 radical (unpaired) electrons. The number of benzene rings is 3. The number of furan rings is 3. The normalized spacial score (nSPS) is 11.1. The van der Waals surface area contributed by atoms with E-state index in [9.17, 15) is 14.4 Å². The molecule has 0 saturated carbocycles. The lowest BCUT2D eigenvalue weighted by Gasteiger charge is -2.04. The summed E-state index contributed by atoms with van der Waals surface area (Å²) in [6.45, 7) is 0. The third-order valence-corrected chi connectivity index (χ3v) is 7.54. The minimum atomic E-state index is -0.388. The van der Waals surface area contributed by atoms with Gasteiger partial charge in [-0.2, -0.15) is 0 Å². The van der Waals surface area contributed by atoms with E-state index in [1.165, 1.54) is 18.2 Å². The smallest absolute Gasteiger partial charge is 0.336 e. The zero-order valence-electron chi connectivity index (χ0n) is 25.6. The number of ether oxygens (including phenoxy) is 3. The molecule has 0 fully saturated rings. The Morgan fingerprint density at radius 2 is 0.646 bits per heavy atom. The molecular formula is C36H24O12. The average molecular weight is 649 g/mol. The van der Waals surface area contributed by atoms with E-state index in [0.29, 0.717) is 50.7 Å². The Morgan fingerprint density at radius 1 is 0.375 bits per heavy atom. The van der Waals surface area contributed by atoms with Gasteiger partial charge in [0, 0.05) is 36.4 Å². The maximum Gasteiger partial charge on any atom is 0.336 e. The zero-order chi connectivity index (χ0) is 33.4. The Kier molecular flexibility index (Phi) is 7.65. The van der Waals surface area contributed by atoms with Gasteiger partial charge in [0.05, 0.1) is 72.4 Å². The van der Waals surface area contributed by atoms with Crippen molar-refractivity contribution in [1.29, 1.82) is 0 Å². The molecule has 0 saturated heterocycles. The lowest BCUT2D eigenvalue weighted by molar-refractivity contribution is 0.423. The van der Waals surface area contributed by atoms with E-state index >= 15 is 0 Å². The second-order valence-electron chi connectivity index (χ2n) is 10.2. The number of rotatable bonds is 3. The lowest BCUT2D eigenvalue weighted by atomic mass is 10.1. The molecule has 0 unspecified atom stereocenters. The highest BCUT2D eigenvalue weighted by atomic mass is 16.5. The number of methoxy groups -OCH3 is 3. The average Bonchev–Trinajstić information content (AvgIpc) is 3.86. The molecule has 12 nitrogen and oxygen atoms in total. The van der Waals surface area contributed by atoms with Crippen LogP contribution in [0.1, 0.15) is 0 Å². The van der Waals surface area contributed by atoms with Gasteiger partial charge in [-0.25, -0.2) is 14.4 Å². The molecule has 0 amide bonds. The van der Waals surface area contributed by atoms with Crippen molar-refractivity contribution < 1.29 is 40.7 Å². The third kappa shape index (κ3) is 5.30. The van der Waals surface area contributed by atoms with Crippen LogP contribution in [0.4, 0.5) is 0 Å². The molecule has 48 heavy (non-hydrogen) atoms. The van der Waals surface area contributed by atoms with Crippen molar-refractivity contribution in [2.75, 3.05) is 21.3 Å². The summed E-state index contributed by atoms with van der Waals surface area (Å²) in [5, 5.41) is 4.87. The summed E-state index contributed by atoms with van der Waals surface area (Å²) in [6, 6.07) is 19.7. The first kappa shape index (κ1) is 30.0. The van der Waals surface area contributed by atoms with Crippen LogP contribution in [0.25, 0.3) is 65.8 Å². The van der Waals surface area contributed by atoms with Gasteiger partial charge < -0.3 is 40.7 Å². The van der Waals surface area contributed by atoms with Gasteiger partial charge in [0.15, 0.2) is 0 Å². The highest BCUT2D eigenvalue weighted by molar-refractivity contribution is 6.02. The molecule has 0 atom stereocenters. The van der Waals surface area contributed by atoms with Gasteiger partial charge in [0.1, 0.15) is 50.7 Å². The first-order chi connectivity index (χ1) is 23.4. The van der Waals surface area contributed by atoms with Crippen LogP contribution in [-0.2, 0) is 0 Å². The highest BCUT2D eigenvalue weighted by Crippen LogP contribution is 2.36. The topological polar surface area (TPSA) is 158 Å². The molecule has 9 rings (SSSR count). The molecule has 0 N–H and O–H groups in total. The first-order valence-electron chi connectivity index (χ1n) is 14.3. The molecular weight excluding hydrogens is 624 g/mol. The molecule has 6 heterocycles. The Hall–Kier alpha value is -6.69. The molecule has 12 heteroatoms. The Labute approximate surface area is 267 Å². The second kappa shape index (κ2) is 12.2. The van der Waals surface area contributed by atoms with E-state index in [2.05, 4.69) is 0 Å². The molecule has 3 aromatic carbocycles. The summed E-state index contributed by atoms with van der Waals surface area (Å²) in [4.78, 5) is 33.4. The SMILES string of the molecule is COc1c2ccoc2cc2oc(=O)ccc12.COc1c2ccoc2cc2oc(=O)ccc12.COc1c2ccoc2cc2oc(=O)ccc12. The van der Waals surface area contributed by atoms with Gasteiger partial charge in [0.25, 0.3) is 0 Å². The maximum absolute atomic E-state index is 11.1. The lowest BCUT2D eigenvalue weighted by Crippen LogP contribution is -1.95. The fourth-order valence-electron chi connectivity index (χ4n) is 5.49. The van der Waals surface area contributed by atoms with Gasteiger partial charge in [-0.1, -0.05) is 0 Å². The minimum Gasteiger partial charge on any atom is -0.495 e. The van der Waals surface area contributed by atoms with Crippen LogP contribution < -0.4 is 31.1 Å². The van der Waals surface area contributed by atoms with Crippen LogP contribution in [0.2, 0.25) is 0 Å². The molecule has 0 aliphatic carbocycles. The molecule has 240 valence electrons. The molecule has 0 spiro atoms. The van der Waals surface area contributed by atoms with Crippen LogP contribution in [0, 0.1) is 0 Å². The highest BCUT2D eigenvalue weighted by Gasteiger charge is 2.14. The molecule has 0 bridgehead atoms. The number of fused-ring (bicyclic) bond motifs is 6. The van der Waals surface area contributed by atoms with Crippen molar-refractivity contribution in [2.45, 2.75) is 0 Å². The fraction of sp³-hybridized carbons (Fsp3) is 0.0833. The molecule has 0 aliphatic heterocycles. The van der Waals surface area contributed by atoms with Crippen LogP contribution in [-0.4, -0.2) is 21.3 Å². The van der Waals surface area contributed by atoms with Gasteiger partial charge in [0.2, 0.25) is 0 Å². The van der Waals surface area contributed by atoms with Crippen LogP contribution in [0.3, 0.4) is 0 Å². The summed E-state index contributed by atoms with van der Waals surface area (Å²) < 4.78 is 47.0. The molecule has 9 aromatic rings. The van der Waals surface area contributed by atoms with Crippen LogP contribution >= 0.6 is 0 Å². The van der Waals surface area contributed by atoms with Gasteiger partial charge in [-0.05, 0) is 36.4 Å². The van der Waals surface area contributed by atoms with Crippen molar-refractivity contribution in [2.24, 2.45) is 0 Å². The largest absolute Gasteiger partial charge is 0.495 e. The third-order valence-electron chi connectivity index (χ3n) is 7.54. The Balaban J connectivity index is 0.000000114. The number of hydrogen-bond acceptors (Lipinski definition) is 12. The van der Waals surface area contributed by atoms with E-state index in [-0.39, 0.29) is 16.9 Å². The van der Waals surface area contributed by atoms with Crippen LogP contribution in [0.5, 0.6) is 17.2 Å². The first-order valence-corrected chi connectivity index (χ1v) is 14.3. The van der Waals surface area contributed by atoms with Crippen molar-refractivity contribution in [3.8, 4) is 17.2 Å². The Bertz CT molecular complexity index is 2470. The second-order valence-corrected chi connectivity index (χ2v) is 10.2. The summed E-state index contributed by atoms with van der Waals surface area (Å²) in [5.74, 6) is 1.97. The monoisotopic (exact) mass is 648 g/mol. The standard InChI is InChI=1S/3C12H8O4/c3*1-14-12-7-2-3-11(13)16-10(7)6-9-8(12)4-5-15-9/h3*2-6H,1H3. The van der Waals surface area contributed by atoms with Crippen molar-refractivity contribution in [3.05, 3.63) is 123 Å². The quantitative estimate of drug-likeness (QED) is 0.173. The van der Waals surface area contributed by atoms with E-state index < -0.39 is 0 Å². The van der Waals surface area contributed by atoms with Crippen molar-refractivity contribution in [1.82, 2.24) is 0 Å². The van der Waals surface area contributed by atoms with E-state index in [4.69, 9.17) is 40.7 Å².